The van der Waals surface area contributed by atoms with Crippen molar-refractivity contribution >= 4 is 17.8 Å². The van der Waals surface area contributed by atoms with Crippen LogP contribution in [0.25, 0.3) is 0 Å². The Kier molecular flexibility index (Phi) is 3.01. The summed E-state index contributed by atoms with van der Waals surface area (Å²) in [5, 5.41) is 10.7. The first-order valence-corrected chi connectivity index (χ1v) is 3.79. The number of carbonyl (C=O) groups excluding carboxylic acids is 1. The first kappa shape index (κ1) is 9.97. The van der Waals surface area contributed by atoms with Gasteiger partial charge < -0.3 is 9.67 Å². The lowest BCUT2D eigenvalue weighted by molar-refractivity contribution is -0.131. The topological polar surface area (TPSA) is 84.2 Å². The molecule has 6 nitrogen and oxygen atoms in total. The molecule has 0 fully saturated rings. The molecule has 0 spiro atoms. The van der Waals surface area contributed by atoms with Crippen molar-refractivity contribution in [2.75, 3.05) is 5.32 Å². The van der Waals surface area contributed by atoms with Crippen molar-refractivity contribution in [2.45, 2.75) is 0 Å². The average Bonchev–Trinajstić information content (AvgIpc) is 2.49. The molecule has 0 atom stereocenters. The molecule has 0 aliphatic rings. The number of nitrogens with one attached hydrogen (secondary N) is 1. The van der Waals surface area contributed by atoms with E-state index in [-0.39, 0.29) is 0 Å². The van der Waals surface area contributed by atoms with Crippen molar-refractivity contribution in [3.63, 3.8) is 0 Å². The second-order valence-corrected chi connectivity index (χ2v) is 2.52. The molecule has 0 radical (unpaired) electrons. The molecule has 0 saturated heterocycles. The number of nitrogens with zero attached hydrogens (tertiary/aromatic N) is 2. The van der Waals surface area contributed by atoms with E-state index in [4.69, 9.17) is 5.11 Å². The second-order valence-electron chi connectivity index (χ2n) is 2.52. The lowest BCUT2D eigenvalue weighted by Gasteiger charge is -2.00. The van der Waals surface area contributed by atoms with Gasteiger partial charge in [0.15, 0.2) is 0 Å². The Hall–Kier alpha value is -2.11. The van der Waals surface area contributed by atoms with Crippen molar-refractivity contribution in [1.82, 2.24) is 9.55 Å². The van der Waals surface area contributed by atoms with Crippen molar-refractivity contribution < 1.29 is 14.7 Å². The molecule has 1 rings (SSSR count). The number of amides is 1. The number of carboxylic acid groups (broad SMARTS) is 1. The molecule has 0 bridgehead atoms. The average molecular weight is 195 g/mol. The Morgan fingerprint density at radius 1 is 1.57 bits per heavy atom. The van der Waals surface area contributed by atoms with E-state index < -0.39 is 11.9 Å². The summed E-state index contributed by atoms with van der Waals surface area (Å²) in [6, 6.07) is 0. The summed E-state index contributed by atoms with van der Waals surface area (Å²) in [6.45, 7) is 0. The first-order chi connectivity index (χ1) is 6.59. The second kappa shape index (κ2) is 4.22. The lowest BCUT2D eigenvalue weighted by atomic mass is 10.5. The van der Waals surface area contributed by atoms with E-state index >= 15 is 0 Å². The molecule has 1 aromatic rings. The summed E-state index contributed by atoms with van der Waals surface area (Å²) in [5.41, 5.74) is 0. The van der Waals surface area contributed by atoms with Gasteiger partial charge in [-0.1, -0.05) is 0 Å². The third-order valence-electron chi connectivity index (χ3n) is 1.43. The number of anilines is 1. The van der Waals surface area contributed by atoms with Crippen LogP contribution in [0.15, 0.2) is 24.5 Å². The predicted molar refractivity (Wildman–Crippen MR) is 48.6 cm³/mol. The fraction of sp³-hybridized carbons (Fsp3) is 0.125. The molecule has 0 saturated carbocycles. The molecule has 14 heavy (non-hydrogen) atoms. The van der Waals surface area contributed by atoms with E-state index in [0.29, 0.717) is 5.95 Å². The zero-order chi connectivity index (χ0) is 10.6. The molecular formula is C8H9N3O3. The van der Waals surface area contributed by atoms with Gasteiger partial charge in [-0.3, -0.25) is 10.1 Å². The summed E-state index contributed by atoms with van der Waals surface area (Å²) >= 11 is 0. The van der Waals surface area contributed by atoms with Gasteiger partial charge in [-0.25, -0.2) is 9.78 Å². The van der Waals surface area contributed by atoms with Gasteiger partial charge in [0.25, 0.3) is 5.91 Å². The molecule has 0 aromatic carbocycles. The highest BCUT2D eigenvalue weighted by Crippen LogP contribution is 2.00. The normalized spacial score (nSPS) is 10.4. The van der Waals surface area contributed by atoms with Crippen LogP contribution in [0.4, 0.5) is 5.95 Å². The third-order valence-corrected chi connectivity index (χ3v) is 1.43. The molecular weight excluding hydrogens is 186 g/mol. The fourth-order valence-electron chi connectivity index (χ4n) is 0.785. The Morgan fingerprint density at radius 2 is 2.29 bits per heavy atom. The highest BCUT2D eigenvalue weighted by molar-refractivity contribution is 6.01. The van der Waals surface area contributed by atoms with Crippen molar-refractivity contribution in [2.24, 2.45) is 7.05 Å². The summed E-state index contributed by atoms with van der Waals surface area (Å²) in [6.07, 6.45) is 4.88. The van der Waals surface area contributed by atoms with Gasteiger partial charge in [-0.2, -0.15) is 0 Å². The largest absolute Gasteiger partial charge is 0.478 e. The van der Waals surface area contributed by atoms with Crippen molar-refractivity contribution in [1.29, 1.82) is 0 Å². The van der Waals surface area contributed by atoms with E-state index in [9.17, 15) is 9.59 Å². The Labute approximate surface area is 79.9 Å². The zero-order valence-corrected chi connectivity index (χ0v) is 7.47. The Morgan fingerprint density at radius 3 is 2.79 bits per heavy atom. The maximum atomic E-state index is 11.1. The van der Waals surface area contributed by atoms with Gasteiger partial charge in [-0.05, 0) is 0 Å². The van der Waals surface area contributed by atoms with Crippen LogP contribution in [0.5, 0.6) is 0 Å². The van der Waals surface area contributed by atoms with Gasteiger partial charge in [-0.15, -0.1) is 0 Å². The maximum Gasteiger partial charge on any atom is 0.328 e. The molecule has 1 aromatic heterocycles. The number of hydrogen-bond donors (Lipinski definition) is 2. The monoisotopic (exact) mass is 195 g/mol. The predicted octanol–water partition coefficient (Wildman–Crippen LogP) is -0.000600. The van der Waals surface area contributed by atoms with Crippen LogP contribution < -0.4 is 5.32 Å². The van der Waals surface area contributed by atoms with Crippen LogP contribution in [0.2, 0.25) is 0 Å². The number of hydrogen-bond acceptors (Lipinski definition) is 3. The molecule has 1 amide bonds. The standard InChI is InChI=1S/C8H9N3O3/c1-11-5-4-9-8(11)10-6(12)2-3-7(13)14/h2-5H,1H3,(H,13,14)(H,9,10,12)/b3-2-. The molecule has 0 aliphatic heterocycles. The van der Waals surface area contributed by atoms with E-state index in [2.05, 4.69) is 10.3 Å². The van der Waals surface area contributed by atoms with Gasteiger partial charge in [0.2, 0.25) is 5.95 Å². The quantitative estimate of drug-likeness (QED) is 0.665. The summed E-state index contributed by atoms with van der Waals surface area (Å²) in [7, 11) is 1.71. The zero-order valence-electron chi connectivity index (χ0n) is 7.47. The number of aromatic nitrogens is 2. The van der Waals surface area contributed by atoms with Crippen LogP contribution in [0, 0.1) is 0 Å². The molecule has 74 valence electrons. The highest BCUT2D eigenvalue weighted by Gasteiger charge is 2.02. The number of rotatable bonds is 3. The highest BCUT2D eigenvalue weighted by atomic mass is 16.4. The number of aryl methyl sites for hydroxylation is 1. The molecule has 6 heteroatoms. The van der Waals surface area contributed by atoms with E-state index in [0.717, 1.165) is 12.2 Å². The SMILES string of the molecule is Cn1ccnc1NC(=O)/C=C\C(=O)O. The Bertz CT molecular complexity index is 381. The summed E-state index contributed by atoms with van der Waals surface area (Å²) in [4.78, 5) is 25.0. The number of aliphatic carboxylic acids is 1. The number of imidazole rings is 1. The van der Waals surface area contributed by atoms with E-state index in [1.807, 2.05) is 0 Å². The van der Waals surface area contributed by atoms with Gasteiger partial charge in [0.1, 0.15) is 0 Å². The minimum Gasteiger partial charge on any atom is -0.478 e. The van der Waals surface area contributed by atoms with Crippen molar-refractivity contribution in [3.8, 4) is 0 Å². The van der Waals surface area contributed by atoms with Gasteiger partial charge in [0, 0.05) is 31.6 Å². The van der Waals surface area contributed by atoms with Crippen LogP contribution in [-0.4, -0.2) is 26.5 Å². The van der Waals surface area contributed by atoms with Gasteiger partial charge in [0.05, 0.1) is 0 Å². The molecule has 0 unspecified atom stereocenters. The minimum absolute atomic E-state index is 0.366. The first-order valence-electron chi connectivity index (χ1n) is 3.79. The van der Waals surface area contributed by atoms with Crippen LogP contribution >= 0.6 is 0 Å². The van der Waals surface area contributed by atoms with Crippen LogP contribution in [0.3, 0.4) is 0 Å². The van der Waals surface area contributed by atoms with Gasteiger partial charge >= 0.3 is 5.97 Å². The smallest absolute Gasteiger partial charge is 0.328 e. The molecule has 1 heterocycles. The van der Waals surface area contributed by atoms with Crippen LogP contribution in [-0.2, 0) is 16.6 Å². The fourth-order valence-corrected chi connectivity index (χ4v) is 0.785. The number of carboxylic acids is 1. The Balaban J connectivity index is 2.58. The van der Waals surface area contributed by atoms with E-state index in [1.54, 1.807) is 17.8 Å². The minimum atomic E-state index is -1.17. The van der Waals surface area contributed by atoms with Crippen molar-refractivity contribution in [3.05, 3.63) is 24.5 Å². The number of carbonyl (C=O) groups is 2. The van der Waals surface area contributed by atoms with E-state index in [1.165, 1.54) is 6.20 Å². The maximum absolute atomic E-state index is 11.1. The summed E-state index contributed by atoms with van der Waals surface area (Å²) < 4.78 is 1.60. The lowest BCUT2D eigenvalue weighted by Crippen LogP contribution is -2.12. The van der Waals surface area contributed by atoms with Crippen LogP contribution in [0.1, 0.15) is 0 Å². The summed E-state index contributed by atoms with van der Waals surface area (Å²) in [5.74, 6) is -1.33. The third kappa shape index (κ3) is 2.74. The molecule has 2 N–H and O–H groups in total. The molecule has 0 aliphatic carbocycles.